The Kier molecular flexibility index (Phi) is 7.67. The van der Waals surface area contributed by atoms with Crippen molar-refractivity contribution in [2.75, 3.05) is 26.2 Å². The summed E-state index contributed by atoms with van der Waals surface area (Å²) in [4.78, 5) is 14.1. The molecule has 2 aromatic carbocycles. The highest BCUT2D eigenvalue weighted by atomic mass is 35.5. The van der Waals surface area contributed by atoms with Gasteiger partial charge in [0.15, 0.2) is 0 Å². The number of aliphatic hydroxyl groups is 2. The zero-order chi connectivity index (χ0) is 20.7. The third-order valence-electron chi connectivity index (χ3n) is 5.61. The Bertz CT molecular complexity index is 802. The highest BCUT2D eigenvalue weighted by Gasteiger charge is 2.41. The van der Waals surface area contributed by atoms with E-state index in [1.807, 2.05) is 54.6 Å². The number of hydrogen-bond donors (Lipinski definition) is 3. The first kappa shape index (κ1) is 21.8. The Balaban J connectivity index is 1.42. The largest absolute Gasteiger partial charge is 0.388 e. The van der Waals surface area contributed by atoms with E-state index < -0.39 is 11.7 Å². The number of carbonyl (C=O) groups excluding carboxylic acids is 1. The maximum Gasteiger partial charge on any atom is 0.222 e. The Hall–Kier alpha value is -1.92. The van der Waals surface area contributed by atoms with Gasteiger partial charge in [0.1, 0.15) is 11.7 Å². The number of nitrogens with one attached hydrogen (secondary N) is 1. The number of β-amino-alcohol motifs (C(OH)–C–C–N with tert-alkyl or cyclic N) is 1. The van der Waals surface area contributed by atoms with E-state index in [4.69, 9.17) is 11.6 Å². The number of likely N-dealkylation sites (tertiary alicyclic amines) is 1. The molecule has 1 aliphatic rings. The summed E-state index contributed by atoms with van der Waals surface area (Å²) in [5, 5.41) is 25.3. The number of aliphatic hydroxyl groups excluding tert-OH is 1. The fraction of sp³-hybridized carbons (Fsp3) is 0.435. The van der Waals surface area contributed by atoms with E-state index in [0.717, 1.165) is 22.6 Å². The van der Waals surface area contributed by atoms with Crippen LogP contribution in [0.2, 0.25) is 5.02 Å². The van der Waals surface area contributed by atoms with Gasteiger partial charge in [-0.2, -0.15) is 0 Å². The predicted octanol–water partition coefficient (Wildman–Crippen LogP) is 2.43. The summed E-state index contributed by atoms with van der Waals surface area (Å²) in [6.07, 6.45) is 1.22. The molecule has 0 radical (unpaired) electrons. The van der Waals surface area contributed by atoms with E-state index in [9.17, 15) is 15.0 Å². The lowest BCUT2D eigenvalue weighted by atomic mass is 9.88. The van der Waals surface area contributed by atoms with Gasteiger partial charge in [0.2, 0.25) is 5.91 Å². The second kappa shape index (κ2) is 10.2. The van der Waals surface area contributed by atoms with E-state index in [1.54, 1.807) is 4.90 Å². The normalized spacial score (nSPS) is 21.9. The molecule has 0 unspecified atom stereocenters. The molecule has 0 spiro atoms. The molecule has 2 atom stereocenters. The number of benzene rings is 2. The quantitative estimate of drug-likeness (QED) is 0.578. The van der Waals surface area contributed by atoms with Gasteiger partial charge < -0.3 is 20.4 Å². The molecule has 2 aromatic rings. The van der Waals surface area contributed by atoms with E-state index >= 15 is 0 Å². The van der Waals surface area contributed by atoms with Crippen LogP contribution in [0.25, 0.3) is 0 Å². The minimum atomic E-state index is -1.23. The molecule has 0 aliphatic carbocycles. The molecule has 0 aromatic heterocycles. The molecule has 1 heterocycles. The van der Waals surface area contributed by atoms with E-state index in [0.29, 0.717) is 32.4 Å². The predicted molar refractivity (Wildman–Crippen MR) is 115 cm³/mol. The lowest BCUT2D eigenvalue weighted by molar-refractivity contribution is -0.148. The molecule has 0 saturated carbocycles. The summed E-state index contributed by atoms with van der Waals surface area (Å²) >= 11 is 6.16. The summed E-state index contributed by atoms with van der Waals surface area (Å²) in [6.45, 7) is 1.55. The summed E-state index contributed by atoms with van der Waals surface area (Å²) in [6, 6.07) is 17.6. The molecular weight excluding hydrogens is 388 g/mol. The standard InChI is InChI=1S/C23H29ClN2O3/c24-20-9-5-4-8-19(20)12-14-25-17-23(29)13-15-26(16-21(23)27)22(28)11-10-18-6-2-1-3-7-18/h1-9,21,25,27,29H,10-17H2/t21-,23-/m0/s1. The molecule has 1 amide bonds. The summed E-state index contributed by atoms with van der Waals surface area (Å²) in [7, 11) is 0. The average Bonchev–Trinajstić information content (AvgIpc) is 2.73. The molecule has 1 saturated heterocycles. The Morgan fingerprint density at radius 3 is 2.59 bits per heavy atom. The Morgan fingerprint density at radius 2 is 1.86 bits per heavy atom. The van der Waals surface area contributed by atoms with Crippen molar-refractivity contribution >= 4 is 17.5 Å². The summed E-state index contributed by atoms with van der Waals surface area (Å²) < 4.78 is 0. The number of piperidine rings is 1. The summed E-state index contributed by atoms with van der Waals surface area (Å²) in [5.74, 6) is 0.0154. The van der Waals surface area contributed by atoms with Crippen molar-refractivity contribution < 1.29 is 15.0 Å². The summed E-state index contributed by atoms with van der Waals surface area (Å²) in [5.41, 5.74) is 0.946. The minimum absolute atomic E-state index is 0.0154. The molecule has 3 N–H and O–H groups in total. The zero-order valence-corrected chi connectivity index (χ0v) is 17.3. The van der Waals surface area contributed by atoms with E-state index in [2.05, 4.69) is 5.32 Å². The molecule has 1 fully saturated rings. The molecule has 29 heavy (non-hydrogen) atoms. The van der Waals surface area contributed by atoms with Gasteiger partial charge in [-0.05, 0) is 43.0 Å². The first-order chi connectivity index (χ1) is 14.0. The molecule has 3 rings (SSSR count). The highest BCUT2D eigenvalue weighted by molar-refractivity contribution is 6.31. The van der Waals surface area contributed by atoms with Gasteiger partial charge in [-0.3, -0.25) is 4.79 Å². The van der Waals surface area contributed by atoms with Gasteiger partial charge in [-0.25, -0.2) is 0 Å². The minimum Gasteiger partial charge on any atom is -0.388 e. The average molecular weight is 417 g/mol. The van der Waals surface area contributed by atoms with E-state index in [1.165, 1.54) is 0 Å². The lowest BCUT2D eigenvalue weighted by Crippen LogP contribution is -2.60. The SMILES string of the molecule is O=C(CCc1ccccc1)N1CC[C@](O)(CNCCc2ccccc2Cl)[C@@H](O)C1. The fourth-order valence-corrected chi connectivity index (χ4v) is 3.91. The van der Waals surface area contributed by atoms with Crippen molar-refractivity contribution in [2.24, 2.45) is 0 Å². The second-order valence-corrected chi connectivity index (χ2v) is 8.12. The molecule has 1 aliphatic heterocycles. The van der Waals surface area contributed by atoms with Crippen molar-refractivity contribution in [3.63, 3.8) is 0 Å². The van der Waals surface area contributed by atoms with Crippen LogP contribution in [0.1, 0.15) is 24.0 Å². The van der Waals surface area contributed by atoms with Crippen molar-refractivity contribution in [2.45, 2.75) is 37.4 Å². The molecular formula is C23H29ClN2O3. The van der Waals surface area contributed by atoms with Crippen molar-refractivity contribution in [3.8, 4) is 0 Å². The molecule has 0 bridgehead atoms. The Morgan fingerprint density at radius 1 is 1.14 bits per heavy atom. The first-order valence-corrected chi connectivity index (χ1v) is 10.5. The van der Waals surface area contributed by atoms with Crippen LogP contribution in [0.4, 0.5) is 0 Å². The van der Waals surface area contributed by atoms with Gasteiger partial charge >= 0.3 is 0 Å². The van der Waals surface area contributed by atoms with Crippen molar-refractivity contribution in [1.82, 2.24) is 10.2 Å². The first-order valence-electron chi connectivity index (χ1n) is 10.1. The third-order valence-corrected chi connectivity index (χ3v) is 5.98. The topological polar surface area (TPSA) is 72.8 Å². The fourth-order valence-electron chi connectivity index (χ4n) is 3.68. The maximum atomic E-state index is 12.5. The van der Waals surface area contributed by atoms with Crippen molar-refractivity contribution in [3.05, 3.63) is 70.7 Å². The zero-order valence-electron chi connectivity index (χ0n) is 16.6. The van der Waals surface area contributed by atoms with Crippen LogP contribution in [-0.2, 0) is 17.6 Å². The van der Waals surface area contributed by atoms with Crippen LogP contribution in [0, 0.1) is 0 Å². The molecule has 156 valence electrons. The number of aryl methyl sites for hydroxylation is 1. The van der Waals surface area contributed by atoms with Gasteiger partial charge in [-0.15, -0.1) is 0 Å². The van der Waals surface area contributed by atoms with Crippen LogP contribution in [-0.4, -0.2) is 58.9 Å². The number of hydrogen-bond acceptors (Lipinski definition) is 4. The van der Waals surface area contributed by atoms with Crippen LogP contribution >= 0.6 is 11.6 Å². The smallest absolute Gasteiger partial charge is 0.222 e. The number of nitrogens with zero attached hydrogens (tertiary/aromatic N) is 1. The van der Waals surface area contributed by atoms with Gasteiger partial charge in [0.05, 0.1) is 0 Å². The van der Waals surface area contributed by atoms with Crippen LogP contribution < -0.4 is 5.32 Å². The number of rotatable bonds is 8. The number of carbonyl (C=O) groups is 1. The Labute approximate surface area is 177 Å². The number of halogens is 1. The second-order valence-electron chi connectivity index (χ2n) is 7.71. The van der Waals surface area contributed by atoms with Crippen LogP contribution in [0.5, 0.6) is 0 Å². The highest BCUT2D eigenvalue weighted by Crippen LogP contribution is 2.23. The number of amides is 1. The molecule has 5 nitrogen and oxygen atoms in total. The lowest BCUT2D eigenvalue weighted by Gasteiger charge is -2.42. The third kappa shape index (κ3) is 6.03. The van der Waals surface area contributed by atoms with Gasteiger partial charge in [0, 0.05) is 31.1 Å². The van der Waals surface area contributed by atoms with Crippen LogP contribution in [0.15, 0.2) is 54.6 Å². The monoisotopic (exact) mass is 416 g/mol. The van der Waals surface area contributed by atoms with Gasteiger partial charge in [-0.1, -0.05) is 60.1 Å². The van der Waals surface area contributed by atoms with Crippen molar-refractivity contribution in [1.29, 1.82) is 0 Å². The van der Waals surface area contributed by atoms with Gasteiger partial charge in [0.25, 0.3) is 0 Å². The molecule has 6 heteroatoms. The maximum absolute atomic E-state index is 12.5. The van der Waals surface area contributed by atoms with E-state index in [-0.39, 0.29) is 19.0 Å². The van der Waals surface area contributed by atoms with Crippen LogP contribution in [0.3, 0.4) is 0 Å².